The molecule has 2 aromatic carbocycles. The zero-order valence-corrected chi connectivity index (χ0v) is 15.2. The fourth-order valence-electron chi connectivity index (χ4n) is 3.19. The zero-order valence-electron chi connectivity index (χ0n) is 15.2. The van der Waals surface area contributed by atoms with Crippen molar-refractivity contribution >= 4 is 16.8 Å². The van der Waals surface area contributed by atoms with Gasteiger partial charge in [-0.2, -0.15) is 0 Å². The number of aromatic nitrogens is 1. The molecule has 1 atom stereocenters. The number of nitrogens with one attached hydrogen (secondary N) is 1. The van der Waals surface area contributed by atoms with Crippen molar-refractivity contribution in [2.24, 2.45) is 0 Å². The van der Waals surface area contributed by atoms with Gasteiger partial charge in [-0.15, -0.1) is 0 Å². The van der Waals surface area contributed by atoms with Crippen LogP contribution in [-0.2, 0) is 11.3 Å². The smallest absolute Gasteiger partial charge is 0.242 e. The monoisotopic (exact) mass is 351 g/mol. The van der Waals surface area contributed by atoms with E-state index in [0.717, 1.165) is 22.0 Å². The van der Waals surface area contributed by atoms with E-state index in [-0.39, 0.29) is 11.7 Å². The van der Waals surface area contributed by atoms with E-state index >= 15 is 0 Å². The quantitative estimate of drug-likeness (QED) is 0.764. The zero-order chi connectivity index (χ0) is 18.7. The van der Waals surface area contributed by atoms with Crippen LogP contribution in [0.15, 0.2) is 54.7 Å². The first kappa shape index (κ1) is 18.0. The Morgan fingerprint density at radius 1 is 1.19 bits per heavy atom. The van der Waals surface area contributed by atoms with Crippen molar-refractivity contribution in [2.45, 2.75) is 19.5 Å². The van der Waals surface area contributed by atoms with Crippen LogP contribution in [0.5, 0.6) is 0 Å². The minimum Gasteiger partial charge on any atom is -0.350 e. The van der Waals surface area contributed by atoms with Crippen molar-refractivity contribution in [1.82, 2.24) is 15.2 Å². The van der Waals surface area contributed by atoms with Crippen LogP contribution in [0.4, 0.5) is 4.39 Å². The number of amides is 1. The van der Waals surface area contributed by atoms with Gasteiger partial charge in [-0.05, 0) is 62.0 Å². The Bertz CT molecular complexity index is 939. The Balaban J connectivity index is 1.85. The Labute approximate surface area is 152 Å². The van der Waals surface area contributed by atoms with Gasteiger partial charge in [0.15, 0.2) is 0 Å². The number of benzene rings is 2. The molecule has 0 aliphatic rings. The highest BCUT2D eigenvalue weighted by Gasteiger charge is 2.23. The predicted molar refractivity (Wildman–Crippen MR) is 101 cm³/mol. The third-order valence-electron chi connectivity index (χ3n) is 4.50. The second-order valence-electron chi connectivity index (χ2n) is 6.57. The van der Waals surface area contributed by atoms with Gasteiger partial charge >= 0.3 is 0 Å². The predicted octanol–water partition coefficient (Wildman–Crippen LogP) is 3.60. The average Bonchev–Trinajstić information content (AvgIpc) is 2.61. The number of likely N-dealkylation sites (N-methyl/N-ethyl adjacent to an activating group) is 1. The second-order valence-corrected chi connectivity index (χ2v) is 6.57. The van der Waals surface area contributed by atoms with Gasteiger partial charge in [-0.1, -0.05) is 24.3 Å². The van der Waals surface area contributed by atoms with Crippen LogP contribution in [0.2, 0.25) is 0 Å². The molecule has 3 aromatic rings. The lowest BCUT2D eigenvalue weighted by Gasteiger charge is -2.24. The number of pyridine rings is 1. The molecule has 0 aliphatic carbocycles. The number of nitrogens with zero attached hydrogens (tertiary/aromatic N) is 2. The van der Waals surface area contributed by atoms with E-state index in [1.54, 1.807) is 23.2 Å². The van der Waals surface area contributed by atoms with E-state index in [1.165, 1.54) is 12.1 Å². The summed E-state index contributed by atoms with van der Waals surface area (Å²) in [6.45, 7) is 2.41. The number of aryl methyl sites for hydroxylation is 1. The lowest BCUT2D eigenvalue weighted by molar-refractivity contribution is -0.125. The molecule has 0 saturated heterocycles. The molecule has 3 rings (SSSR count). The number of rotatable bonds is 5. The highest BCUT2D eigenvalue weighted by atomic mass is 19.1. The number of carbonyl (C=O) groups is 1. The Hall–Kier alpha value is -2.79. The van der Waals surface area contributed by atoms with E-state index < -0.39 is 6.04 Å². The van der Waals surface area contributed by atoms with Gasteiger partial charge < -0.3 is 5.32 Å². The van der Waals surface area contributed by atoms with E-state index in [1.807, 2.05) is 45.3 Å². The first-order valence-electron chi connectivity index (χ1n) is 8.50. The number of carbonyl (C=O) groups excluding carboxylic acids is 1. The SMILES string of the molecule is Cc1ccc2ncccc2c1CNC(=O)C(c1cccc(F)c1)N(C)C. The van der Waals surface area contributed by atoms with Crippen LogP contribution in [0.1, 0.15) is 22.7 Å². The molecule has 0 radical (unpaired) electrons. The number of hydrogen-bond acceptors (Lipinski definition) is 3. The third-order valence-corrected chi connectivity index (χ3v) is 4.50. The van der Waals surface area contributed by atoms with E-state index in [9.17, 15) is 9.18 Å². The normalized spacial score (nSPS) is 12.3. The lowest BCUT2D eigenvalue weighted by Crippen LogP contribution is -2.36. The van der Waals surface area contributed by atoms with Crippen LogP contribution in [0, 0.1) is 12.7 Å². The topological polar surface area (TPSA) is 45.2 Å². The number of halogens is 1. The van der Waals surface area contributed by atoms with Crippen molar-refractivity contribution in [2.75, 3.05) is 14.1 Å². The Morgan fingerprint density at radius 3 is 2.73 bits per heavy atom. The minimum atomic E-state index is -0.556. The van der Waals surface area contributed by atoms with Gasteiger partial charge in [0.25, 0.3) is 0 Å². The second kappa shape index (κ2) is 7.62. The maximum absolute atomic E-state index is 13.6. The molecular formula is C21H22FN3O. The molecule has 0 spiro atoms. The minimum absolute atomic E-state index is 0.166. The summed E-state index contributed by atoms with van der Waals surface area (Å²) in [5.41, 5.74) is 3.67. The summed E-state index contributed by atoms with van der Waals surface area (Å²) in [4.78, 5) is 19.0. The van der Waals surface area contributed by atoms with Gasteiger partial charge in [-0.25, -0.2) is 4.39 Å². The molecule has 1 aromatic heterocycles. The summed E-state index contributed by atoms with van der Waals surface area (Å²) >= 11 is 0. The lowest BCUT2D eigenvalue weighted by atomic mass is 10.0. The summed E-state index contributed by atoms with van der Waals surface area (Å²) in [6, 6.07) is 13.5. The van der Waals surface area contributed by atoms with E-state index in [4.69, 9.17) is 0 Å². The standard InChI is InChI=1S/C21H22FN3O/c1-14-9-10-19-17(8-5-11-23-19)18(14)13-24-21(26)20(25(2)3)15-6-4-7-16(22)12-15/h4-12,20H,13H2,1-3H3,(H,24,26). The third kappa shape index (κ3) is 3.73. The molecule has 1 N–H and O–H groups in total. The van der Waals surface area contributed by atoms with Crippen molar-refractivity contribution in [3.63, 3.8) is 0 Å². The van der Waals surface area contributed by atoms with E-state index in [2.05, 4.69) is 10.3 Å². The fraction of sp³-hybridized carbons (Fsp3) is 0.238. The summed E-state index contributed by atoms with van der Waals surface area (Å²) in [6.07, 6.45) is 1.76. The van der Waals surface area contributed by atoms with E-state index in [0.29, 0.717) is 12.1 Å². The molecule has 5 heteroatoms. The molecule has 4 nitrogen and oxygen atoms in total. The van der Waals surface area contributed by atoms with Gasteiger partial charge in [0.05, 0.1) is 5.52 Å². The Kier molecular flexibility index (Phi) is 5.28. The largest absolute Gasteiger partial charge is 0.350 e. The molecule has 0 bridgehead atoms. The molecule has 0 saturated carbocycles. The first-order valence-corrected chi connectivity index (χ1v) is 8.50. The molecule has 26 heavy (non-hydrogen) atoms. The summed E-state index contributed by atoms with van der Waals surface area (Å²) in [5.74, 6) is -0.515. The van der Waals surface area contributed by atoms with Gasteiger partial charge in [0.1, 0.15) is 11.9 Å². The molecule has 134 valence electrons. The molecule has 0 fully saturated rings. The molecule has 1 amide bonds. The summed E-state index contributed by atoms with van der Waals surface area (Å²) in [7, 11) is 3.62. The highest BCUT2D eigenvalue weighted by molar-refractivity contribution is 5.86. The molecule has 1 unspecified atom stereocenters. The van der Waals surface area contributed by atoms with Crippen LogP contribution >= 0.6 is 0 Å². The van der Waals surface area contributed by atoms with Gasteiger partial charge in [0, 0.05) is 18.1 Å². The van der Waals surface area contributed by atoms with Crippen LogP contribution in [0.25, 0.3) is 10.9 Å². The van der Waals surface area contributed by atoms with Crippen molar-refractivity contribution in [3.05, 3.63) is 77.2 Å². The van der Waals surface area contributed by atoms with Gasteiger partial charge in [0.2, 0.25) is 5.91 Å². The first-order chi connectivity index (χ1) is 12.5. The van der Waals surface area contributed by atoms with Gasteiger partial charge in [-0.3, -0.25) is 14.7 Å². The summed E-state index contributed by atoms with van der Waals surface area (Å²) in [5, 5.41) is 4.03. The average molecular weight is 351 g/mol. The summed E-state index contributed by atoms with van der Waals surface area (Å²) < 4.78 is 13.6. The molecular weight excluding hydrogens is 329 g/mol. The maximum Gasteiger partial charge on any atom is 0.242 e. The number of fused-ring (bicyclic) bond motifs is 1. The fourth-order valence-corrected chi connectivity index (χ4v) is 3.19. The maximum atomic E-state index is 13.6. The molecule has 1 heterocycles. The van der Waals surface area contributed by atoms with Crippen molar-refractivity contribution in [3.8, 4) is 0 Å². The van der Waals surface area contributed by atoms with Crippen LogP contribution in [-0.4, -0.2) is 29.9 Å². The Morgan fingerprint density at radius 2 is 2.00 bits per heavy atom. The van der Waals surface area contributed by atoms with Crippen LogP contribution in [0.3, 0.4) is 0 Å². The molecule has 0 aliphatic heterocycles. The van der Waals surface area contributed by atoms with Crippen molar-refractivity contribution in [1.29, 1.82) is 0 Å². The van der Waals surface area contributed by atoms with Crippen LogP contribution < -0.4 is 5.32 Å². The highest BCUT2D eigenvalue weighted by Crippen LogP contribution is 2.22. The van der Waals surface area contributed by atoms with Crippen molar-refractivity contribution < 1.29 is 9.18 Å². The number of hydrogen-bond donors (Lipinski definition) is 1.